The molecule has 0 radical (unpaired) electrons. The van der Waals surface area contributed by atoms with Gasteiger partial charge in [0.15, 0.2) is 0 Å². The van der Waals surface area contributed by atoms with Gasteiger partial charge in [-0.2, -0.15) is 0 Å². The summed E-state index contributed by atoms with van der Waals surface area (Å²) in [5.74, 6) is 0. The fourth-order valence-corrected chi connectivity index (χ4v) is 0.447. The molecule has 0 aliphatic carbocycles. The summed E-state index contributed by atoms with van der Waals surface area (Å²) in [6.45, 7) is 3.87. The molecule has 0 spiro atoms. The number of hydrogen-bond acceptors (Lipinski definition) is 2. The molecule has 0 aromatic carbocycles. The molecule has 0 unspecified atom stereocenters. The summed E-state index contributed by atoms with van der Waals surface area (Å²) < 4.78 is 0. The molecule has 3 heteroatoms. The monoisotopic (exact) mass is 118 g/mol. The lowest BCUT2D eigenvalue weighted by Gasteiger charge is -2.00. The zero-order chi connectivity index (χ0) is 5.86. The lowest BCUT2D eigenvalue weighted by molar-refractivity contribution is 1.54. The van der Waals surface area contributed by atoms with Gasteiger partial charge in [0.25, 0.3) is 0 Å². The molecule has 0 rings (SSSR count). The molecule has 0 amide bonds. The summed E-state index contributed by atoms with van der Waals surface area (Å²) in [5, 5.41) is 1.09. The van der Waals surface area contributed by atoms with Crippen LogP contribution in [0.2, 0.25) is 0 Å². The molecule has 0 aliphatic heterocycles. The van der Waals surface area contributed by atoms with E-state index in [9.17, 15) is 0 Å². The Balaban J connectivity index is 3.56. The van der Waals surface area contributed by atoms with Crippen molar-refractivity contribution < 1.29 is 0 Å². The Labute approximate surface area is 45.4 Å². The van der Waals surface area contributed by atoms with E-state index in [1.807, 2.05) is 19.9 Å². The average Bonchev–Trinajstić information content (AvgIpc) is 1.65. The van der Waals surface area contributed by atoms with Crippen LogP contribution in [-0.2, 0) is 0 Å². The second-order valence-electron chi connectivity index (χ2n) is 1.34. The number of rotatable bonds is 1. The second kappa shape index (κ2) is 3.14. The van der Waals surface area contributed by atoms with E-state index in [2.05, 4.69) is 0 Å². The van der Waals surface area contributed by atoms with Gasteiger partial charge >= 0.3 is 0 Å². The van der Waals surface area contributed by atoms with Crippen molar-refractivity contribution in [2.75, 3.05) is 0 Å². The van der Waals surface area contributed by atoms with Crippen molar-refractivity contribution in [1.82, 2.24) is 0 Å². The van der Waals surface area contributed by atoms with Crippen LogP contribution < -0.4 is 11.0 Å². The van der Waals surface area contributed by atoms with Crippen LogP contribution in [0.4, 0.5) is 0 Å². The van der Waals surface area contributed by atoms with Crippen molar-refractivity contribution in [1.29, 1.82) is 0 Å². The summed E-state index contributed by atoms with van der Waals surface area (Å²) in [4.78, 5) is 0. The largest absolute Gasteiger partial charge is 0.294 e. The Morgan fingerprint density at radius 1 is 1.57 bits per heavy atom. The van der Waals surface area contributed by atoms with Crippen LogP contribution in [-0.4, -0.2) is 0 Å². The molecular weight excluding hydrogens is 107 g/mol. The number of nitrogens with two attached hydrogens (primary N) is 2. The Bertz CT molecular complexity index is 77.8. The van der Waals surface area contributed by atoms with E-state index in [1.165, 1.54) is 0 Å². The van der Waals surface area contributed by atoms with Crippen molar-refractivity contribution in [3.8, 4) is 0 Å². The molecule has 0 saturated carbocycles. The third-order valence-electron chi connectivity index (χ3n) is 0.825. The quantitative estimate of drug-likeness (QED) is 0.507. The topological polar surface area (TPSA) is 52.0 Å². The van der Waals surface area contributed by atoms with E-state index in [0.29, 0.717) is 0 Å². The van der Waals surface area contributed by atoms with Gasteiger partial charge in [-0.15, -0.1) is 0 Å². The van der Waals surface area contributed by atoms with Gasteiger partial charge in [0.2, 0.25) is 0 Å². The number of allylic oxidation sites excluding steroid dienone is 2. The Hall–Kier alpha value is 0.0900. The summed E-state index contributed by atoms with van der Waals surface area (Å²) in [6, 6.07) is 0. The first-order chi connectivity index (χ1) is 3.18. The summed E-state index contributed by atoms with van der Waals surface area (Å²) >= 11 is 0. The maximum atomic E-state index is 5.32. The van der Waals surface area contributed by atoms with Gasteiger partial charge in [-0.3, -0.25) is 11.0 Å². The minimum atomic E-state index is -0.801. The van der Waals surface area contributed by atoms with Crippen molar-refractivity contribution in [3.63, 3.8) is 0 Å². The molecule has 0 aromatic rings. The van der Waals surface area contributed by atoms with E-state index >= 15 is 0 Å². The molecule has 0 aromatic heterocycles. The molecular formula is C4H11N2P. The Kier molecular flexibility index (Phi) is 3.18. The van der Waals surface area contributed by atoms with Gasteiger partial charge in [0.05, 0.1) is 8.22 Å². The van der Waals surface area contributed by atoms with Gasteiger partial charge in [0.1, 0.15) is 0 Å². The first-order valence-electron chi connectivity index (χ1n) is 2.11. The van der Waals surface area contributed by atoms with Gasteiger partial charge in [-0.05, 0) is 19.2 Å². The minimum Gasteiger partial charge on any atom is -0.294 e. The van der Waals surface area contributed by atoms with Crippen LogP contribution in [0.25, 0.3) is 0 Å². The highest BCUT2D eigenvalue weighted by Gasteiger charge is 1.90. The lowest BCUT2D eigenvalue weighted by atomic mass is 10.6. The first-order valence-corrected chi connectivity index (χ1v) is 3.59. The predicted molar refractivity (Wildman–Crippen MR) is 34.7 cm³/mol. The highest BCUT2D eigenvalue weighted by atomic mass is 31.1. The fraction of sp³-hybridized carbons (Fsp3) is 0.500. The average molecular weight is 118 g/mol. The summed E-state index contributed by atoms with van der Waals surface area (Å²) in [7, 11) is -0.801. The first kappa shape index (κ1) is 7.09. The Morgan fingerprint density at radius 3 is 2.00 bits per heavy atom. The standard InChI is InChI=1S/C4H11N2P/c1-3-4(2)7(5)6/h3H,5-6H2,1-2H3. The van der Waals surface area contributed by atoms with E-state index < -0.39 is 8.22 Å². The minimum absolute atomic E-state index is 0.801. The van der Waals surface area contributed by atoms with Crippen LogP contribution in [0.5, 0.6) is 0 Å². The highest BCUT2D eigenvalue weighted by Crippen LogP contribution is 2.25. The molecule has 0 heterocycles. The van der Waals surface area contributed by atoms with Crippen LogP contribution in [0.1, 0.15) is 13.8 Å². The third kappa shape index (κ3) is 2.75. The third-order valence-corrected chi connectivity index (χ3v) is 1.90. The van der Waals surface area contributed by atoms with Gasteiger partial charge in [-0.1, -0.05) is 6.08 Å². The van der Waals surface area contributed by atoms with Gasteiger partial charge in [-0.25, -0.2) is 0 Å². The molecule has 0 fully saturated rings. The van der Waals surface area contributed by atoms with E-state index in [4.69, 9.17) is 11.0 Å². The van der Waals surface area contributed by atoms with Crippen molar-refractivity contribution in [2.24, 2.45) is 11.0 Å². The lowest BCUT2D eigenvalue weighted by Crippen LogP contribution is -1.97. The zero-order valence-corrected chi connectivity index (χ0v) is 5.57. The van der Waals surface area contributed by atoms with Crippen LogP contribution >= 0.6 is 8.22 Å². The fourth-order valence-electron chi connectivity index (χ4n) is 0.149. The second-order valence-corrected chi connectivity index (χ2v) is 2.86. The van der Waals surface area contributed by atoms with Gasteiger partial charge < -0.3 is 0 Å². The normalized spacial score (nSPS) is 13.0. The van der Waals surface area contributed by atoms with Gasteiger partial charge in [0, 0.05) is 0 Å². The molecule has 0 saturated heterocycles. The molecule has 0 bridgehead atoms. The smallest absolute Gasteiger partial charge is 0.0562 e. The Morgan fingerprint density at radius 2 is 2.00 bits per heavy atom. The van der Waals surface area contributed by atoms with Crippen molar-refractivity contribution in [3.05, 3.63) is 11.4 Å². The number of hydrogen-bond donors (Lipinski definition) is 2. The van der Waals surface area contributed by atoms with Crippen LogP contribution in [0.3, 0.4) is 0 Å². The zero-order valence-electron chi connectivity index (χ0n) is 4.68. The molecule has 42 valence electrons. The van der Waals surface area contributed by atoms with Crippen molar-refractivity contribution >= 4 is 8.22 Å². The summed E-state index contributed by atoms with van der Waals surface area (Å²) in [5.41, 5.74) is 10.6. The van der Waals surface area contributed by atoms with Crippen LogP contribution in [0, 0.1) is 0 Å². The summed E-state index contributed by atoms with van der Waals surface area (Å²) in [6.07, 6.45) is 1.94. The van der Waals surface area contributed by atoms with E-state index in [-0.39, 0.29) is 0 Å². The van der Waals surface area contributed by atoms with Crippen molar-refractivity contribution in [2.45, 2.75) is 13.8 Å². The molecule has 7 heavy (non-hydrogen) atoms. The highest BCUT2D eigenvalue weighted by molar-refractivity contribution is 7.57. The van der Waals surface area contributed by atoms with Crippen LogP contribution in [0.15, 0.2) is 11.4 Å². The van der Waals surface area contributed by atoms with E-state index in [1.54, 1.807) is 0 Å². The molecule has 0 atom stereocenters. The molecule has 2 nitrogen and oxygen atoms in total. The molecule has 4 N–H and O–H groups in total. The maximum Gasteiger partial charge on any atom is 0.0562 e. The maximum absolute atomic E-state index is 5.32. The molecule has 0 aliphatic rings. The predicted octanol–water partition coefficient (Wildman–Crippen LogP) is 1.14. The van der Waals surface area contributed by atoms with E-state index in [0.717, 1.165) is 5.31 Å². The SMILES string of the molecule is CC=C(C)P(N)N.